The third kappa shape index (κ3) is 2.47. The van der Waals surface area contributed by atoms with Gasteiger partial charge in [0.05, 0.1) is 0 Å². The van der Waals surface area contributed by atoms with Gasteiger partial charge in [-0.05, 0) is 60.7 Å². The summed E-state index contributed by atoms with van der Waals surface area (Å²) in [5, 5.41) is 9.13. The summed E-state index contributed by atoms with van der Waals surface area (Å²) in [6.45, 7) is 1.66. The number of rotatable bonds is 3. The molecule has 3 aromatic rings. The minimum absolute atomic E-state index is 0.206. The van der Waals surface area contributed by atoms with Crippen molar-refractivity contribution in [2.45, 2.75) is 25.8 Å². The molecule has 7 heteroatoms. The Balaban J connectivity index is 1.81. The Morgan fingerprint density at radius 2 is 2.17 bits per heavy atom. The van der Waals surface area contributed by atoms with Crippen LogP contribution in [0.3, 0.4) is 0 Å². The van der Waals surface area contributed by atoms with Crippen molar-refractivity contribution in [3.05, 3.63) is 57.9 Å². The highest BCUT2D eigenvalue weighted by Crippen LogP contribution is 2.28. The van der Waals surface area contributed by atoms with Crippen molar-refractivity contribution in [1.29, 1.82) is 0 Å². The van der Waals surface area contributed by atoms with Crippen LogP contribution >= 0.6 is 0 Å². The summed E-state index contributed by atoms with van der Waals surface area (Å²) in [5.74, 6) is -0.706. The smallest absolute Gasteiger partial charge is 0.347 e. The van der Waals surface area contributed by atoms with Crippen molar-refractivity contribution in [3.63, 3.8) is 0 Å². The molecule has 4 rings (SSSR count). The second kappa shape index (κ2) is 5.30. The average molecular weight is 326 g/mol. The Morgan fingerprint density at radius 3 is 2.92 bits per heavy atom. The fourth-order valence-electron chi connectivity index (χ4n) is 2.68. The molecule has 0 atom stereocenters. The highest BCUT2D eigenvalue weighted by molar-refractivity contribution is 5.96. The first-order valence-electron chi connectivity index (χ1n) is 7.71. The van der Waals surface area contributed by atoms with Crippen LogP contribution in [0.1, 0.15) is 28.8 Å². The number of halogens is 1. The molecule has 6 nitrogen and oxygen atoms in total. The summed E-state index contributed by atoms with van der Waals surface area (Å²) in [6.07, 6.45) is 3.51. The number of hydrogen-bond acceptors (Lipinski definition) is 3. The normalized spacial score (nSPS) is 14.1. The zero-order valence-electron chi connectivity index (χ0n) is 13.0. The first-order chi connectivity index (χ1) is 11.5. The molecule has 0 unspecified atom stereocenters. The van der Waals surface area contributed by atoms with E-state index in [4.69, 9.17) is 0 Å². The Labute approximate surface area is 136 Å². The fraction of sp³-hybridized carbons (Fsp3) is 0.235. The van der Waals surface area contributed by atoms with Crippen molar-refractivity contribution in [3.8, 4) is 11.1 Å². The average Bonchev–Trinajstić information content (AvgIpc) is 3.31. The lowest BCUT2D eigenvalue weighted by Gasteiger charge is -2.11. The van der Waals surface area contributed by atoms with Gasteiger partial charge in [-0.15, -0.1) is 0 Å². The van der Waals surface area contributed by atoms with Gasteiger partial charge < -0.3 is 5.32 Å². The van der Waals surface area contributed by atoms with E-state index in [1.165, 1.54) is 10.5 Å². The SMILES string of the molecule is Cc1c(F)cc(C(=O)NC2CC2)cc1-c1ccn2c(=O)[nH]nc2c1. The van der Waals surface area contributed by atoms with E-state index in [2.05, 4.69) is 15.5 Å². The second-order valence-corrected chi connectivity index (χ2v) is 6.05. The van der Waals surface area contributed by atoms with Crippen molar-refractivity contribution in [2.24, 2.45) is 0 Å². The van der Waals surface area contributed by atoms with Crippen molar-refractivity contribution in [2.75, 3.05) is 0 Å². The predicted octanol–water partition coefficient (Wildman–Crippen LogP) is 2.03. The zero-order valence-corrected chi connectivity index (χ0v) is 13.0. The van der Waals surface area contributed by atoms with E-state index in [0.29, 0.717) is 27.9 Å². The molecular formula is C17H15FN4O2. The van der Waals surface area contributed by atoms with E-state index in [1.807, 2.05) is 0 Å². The molecule has 24 heavy (non-hydrogen) atoms. The molecule has 0 aliphatic heterocycles. The summed E-state index contributed by atoms with van der Waals surface area (Å²) in [7, 11) is 0. The maximum absolute atomic E-state index is 14.3. The van der Waals surface area contributed by atoms with E-state index in [0.717, 1.165) is 12.8 Å². The minimum Gasteiger partial charge on any atom is -0.349 e. The van der Waals surface area contributed by atoms with Crippen LogP contribution in [0.2, 0.25) is 0 Å². The predicted molar refractivity (Wildman–Crippen MR) is 86.4 cm³/mol. The summed E-state index contributed by atoms with van der Waals surface area (Å²) in [6, 6.07) is 6.52. The Morgan fingerprint density at radius 1 is 1.38 bits per heavy atom. The number of nitrogens with zero attached hydrogens (tertiary/aromatic N) is 2. The van der Waals surface area contributed by atoms with E-state index < -0.39 is 5.82 Å². The van der Waals surface area contributed by atoms with Crippen LogP contribution in [0.25, 0.3) is 16.8 Å². The number of fused-ring (bicyclic) bond motifs is 1. The molecule has 1 fully saturated rings. The van der Waals surface area contributed by atoms with E-state index in [-0.39, 0.29) is 17.6 Å². The molecule has 1 aromatic carbocycles. The van der Waals surface area contributed by atoms with Crippen LogP contribution in [0.5, 0.6) is 0 Å². The molecule has 2 aromatic heterocycles. The maximum Gasteiger partial charge on any atom is 0.347 e. The Kier molecular flexibility index (Phi) is 3.23. The standard InChI is InChI=1S/C17H15FN4O2/c1-9-13(10-4-5-22-15(8-10)20-21-17(22)24)6-11(7-14(9)18)16(23)19-12-2-3-12/h4-8,12H,2-3H2,1H3,(H,19,23)(H,21,24). The van der Waals surface area contributed by atoms with E-state index >= 15 is 0 Å². The van der Waals surface area contributed by atoms with Gasteiger partial charge in [-0.3, -0.25) is 9.20 Å². The molecular weight excluding hydrogens is 311 g/mol. The molecule has 0 spiro atoms. The summed E-state index contributed by atoms with van der Waals surface area (Å²) in [4.78, 5) is 23.7. The number of benzene rings is 1. The van der Waals surface area contributed by atoms with Crippen molar-refractivity contribution < 1.29 is 9.18 Å². The molecule has 122 valence electrons. The van der Waals surface area contributed by atoms with Crippen molar-refractivity contribution >= 4 is 11.6 Å². The van der Waals surface area contributed by atoms with Gasteiger partial charge in [0.15, 0.2) is 5.65 Å². The first-order valence-corrected chi connectivity index (χ1v) is 7.71. The quantitative estimate of drug-likeness (QED) is 0.773. The highest BCUT2D eigenvalue weighted by Gasteiger charge is 2.24. The Bertz CT molecular complexity index is 1020. The first kappa shape index (κ1) is 14.6. The number of pyridine rings is 1. The number of aromatic nitrogens is 3. The lowest BCUT2D eigenvalue weighted by Crippen LogP contribution is -2.25. The van der Waals surface area contributed by atoms with Gasteiger partial charge in [0.2, 0.25) is 0 Å². The Hall–Kier alpha value is -2.96. The number of nitrogens with one attached hydrogen (secondary N) is 2. The van der Waals surface area contributed by atoms with Crippen LogP contribution in [0.4, 0.5) is 4.39 Å². The highest BCUT2D eigenvalue weighted by atomic mass is 19.1. The van der Waals surface area contributed by atoms with E-state index in [9.17, 15) is 14.0 Å². The molecule has 0 saturated heterocycles. The van der Waals surface area contributed by atoms with Crippen LogP contribution < -0.4 is 11.0 Å². The number of carbonyl (C=O) groups excluding carboxylic acids is 1. The van der Waals surface area contributed by atoms with Crippen LogP contribution in [0.15, 0.2) is 35.3 Å². The summed E-state index contributed by atoms with van der Waals surface area (Å²) >= 11 is 0. The van der Waals surface area contributed by atoms with Crippen LogP contribution in [-0.2, 0) is 0 Å². The number of hydrogen-bond donors (Lipinski definition) is 2. The molecule has 1 aliphatic carbocycles. The third-order valence-electron chi connectivity index (χ3n) is 4.25. The van der Waals surface area contributed by atoms with Gasteiger partial charge in [0.25, 0.3) is 5.91 Å². The number of amides is 1. The van der Waals surface area contributed by atoms with E-state index in [1.54, 1.807) is 31.3 Å². The topological polar surface area (TPSA) is 79.3 Å². The second-order valence-electron chi connectivity index (χ2n) is 6.05. The third-order valence-corrected chi connectivity index (χ3v) is 4.25. The maximum atomic E-state index is 14.3. The molecule has 0 bridgehead atoms. The summed E-state index contributed by atoms with van der Waals surface area (Å²) < 4.78 is 15.7. The van der Waals surface area contributed by atoms with Crippen LogP contribution in [-0.4, -0.2) is 26.5 Å². The molecule has 2 N–H and O–H groups in total. The summed E-state index contributed by atoms with van der Waals surface area (Å²) in [5.41, 5.74) is 2.13. The monoisotopic (exact) mass is 326 g/mol. The largest absolute Gasteiger partial charge is 0.349 e. The number of carbonyl (C=O) groups is 1. The van der Waals surface area contributed by atoms with Gasteiger partial charge in [-0.2, -0.15) is 5.10 Å². The van der Waals surface area contributed by atoms with Gasteiger partial charge >= 0.3 is 5.69 Å². The molecule has 0 radical (unpaired) electrons. The van der Waals surface area contributed by atoms with Gasteiger partial charge in [0.1, 0.15) is 5.82 Å². The molecule has 2 heterocycles. The lowest BCUT2D eigenvalue weighted by molar-refractivity contribution is 0.0950. The zero-order chi connectivity index (χ0) is 16.8. The van der Waals surface area contributed by atoms with Crippen molar-refractivity contribution in [1.82, 2.24) is 19.9 Å². The number of aromatic amines is 1. The van der Waals surface area contributed by atoms with Gasteiger partial charge in [0, 0.05) is 17.8 Å². The number of H-pyrrole nitrogens is 1. The van der Waals surface area contributed by atoms with Gasteiger partial charge in [-0.25, -0.2) is 14.3 Å². The van der Waals surface area contributed by atoms with Crippen LogP contribution in [0, 0.1) is 12.7 Å². The molecule has 1 amide bonds. The molecule has 1 aliphatic rings. The molecule has 1 saturated carbocycles. The lowest BCUT2D eigenvalue weighted by atomic mass is 9.98. The fourth-order valence-corrected chi connectivity index (χ4v) is 2.68. The van der Waals surface area contributed by atoms with Gasteiger partial charge in [-0.1, -0.05) is 0 Å². The minimum atomic E-state index is -0.437.